The molecule has 5 N–H and O–H groups in total. The Labute approximate surface area is 92.2 Å². The van der Waals surface area contributed by atoms with E-state index in [0.29, 0.717) is 13.0 Å². The summed E-state index contributed by atoms with van der Waals surface area (Å²) in [6, 6.07) is 3.49. The number of aryl methyl sites for hydroxylation is 1. The van der Waals surface area contributed by atoms with Crippen molar-refractivity contribution in [3.63, 3.8) is 0 Å². The van der Waals surface area contributed by atoms with Gasteiger partial charge in [-0.15, -0.1) is 0 Å². The topological polar surface area (TPSA) is 72.3 Å². The number of halogens is 1. The number of hydrogen-bond donors (Lipinski definition) is 3. The van der Waals surface area contributed by atoms with Crippen molar-refractivity contribution in [1.82, 2.24) is 0 Å². The SMILES string of the molecule is Cc1cc(Br)cc([C@H](N)CCN)c1O. The standard InChI is InChI=1S/C10H15BrN2O/c1-6-4-7(11)5-8(10(6)14)9(13)2-3-12/h4-5,9,14H,2-3,12-13H2,1H3/t9-/m1/s1. The van der Waals surface area contributed by atoms with Crippen LogP contribution in [-0.2, 0) is 0 Å². The van der Waals surface area contributed by atoms with Crippen molar-refractivity contribution in [3.8, 4) is 5.75 Å². The largest absolute Gasteiger partial charge is 0.507 e. The van der Waals surface area contributed by atoms with Gasteiger partial charge in [-0.1, -0.05) is 15.9 Å². The van der Waals surface area contributed by atoms with Crippen LogP contribution in [0.1, 0.15) is 23.6 Å². The third kappa shape index (κ3) is 2.47. The maximum Gasteiger partial charge on any atom is 0.123 e. The molecule has 4 heteroatoms. The second kappa shape index (κ2) is 4.77. The van der Waals surface area contributed by atoms with Gasteiger partial charge in [0.1, 0.15) is 5.75 Å². The van der Waals surface area contributed by atoms with Crippen LogP contribution in [0, 0.1) is 6.92 Å². The minimum absolute atomic E-state index is 0.198. The molecule has 0 saturated carbocycles. The van der Waals surface area contributed by atoms with Gasteiger partial charge in [0.15, 0.2) is 0 Å². The van der Waals surface area contributed by atoms with Crippen LogP contribution < -0.4 is 11.5 Å². The second-order valence-electron chi connectivity index (χ2n) is 3.34. The predicted molar refractivity (Wildman–Crippen MR) is 61.1 cm³/mol. The minimum atomic E-state index is -0.198. The highest BCUT2D eigenvalue weighted by atomic mass is 79.9. The molecule has 0 bridgehead atoms. The molecule has 78 valence electrons. The number of phenolic OH excluding ortho intramolecular Hbond substituents is 1. The molecule has 0 saturated heterocycles. The molecule has 0 unspecified atom stereocenters. The maximum atomic E-state index is 9.78. The molecule has 0 radical (unpaired) electrons. The first-order valence-corrected chi connectivity index (χ1v) is 5.30. The normalized spacial score (nSPS) is 12.9. The third-order valence-corrected chi connectivity index (χ3v) is 2.63. The molecule has 0 heterocycles. The van der Waals surface area contributed by atoms with Crippen molar-refractivity contribution < 1.29 is 5.11 Å². The van der Waals surface area contributed by atoms with Gasteiger partial charge in [-0.05, 0) is 37.6 Å². The Hall–Kier alpha value is -0.580. The van der Waals surface area contributed by atoms with Crippen LogP contribution >= 0.6 is 15.9 Å². The summed E-state index contributed by atoms with van der Waals surface area (Å²) in [6.07, 6.45) is 0.670. The Bertz CT molecular complexity index is 328. The smallest absolute Gasteiger partial charge is 0.123 e. The van der Waals surface area contributed by atoms with Gasteiger partial charge in [0.05, 0.1) is 0 Å². The zero-order valence-electron chi connectivity index (χ0n) is 8.13. The fourth-order valence-electron chi connectivity index (χ4n) is 1.38. The number of nitrogens with two attached hydrogens (primary N) is 2. The maximum absolute atomic E-state index is 9.78. The van der Waals surface area contributed by atoms with Crippen molar-refractivity contribution in [3.05, 3.63) is 27.7 Å². The summed E-state index contributed by atoms with van der Waals surface area (Å²) in [5.41, 5.74) is 12.9. The van der Waals surface area contributed by atoms with E-state index in [9.17, 15) is 5.11 Å². The number of phenols is 1. The summed E-state index contributed by atoms with van der Waals surface area (Å²) in [5.74, 6) is 0.272. The minimum Gasteiger partial charge on any atom is -0.507 e. The first-order valence-electron chi connectivity index (χ1n) is 4.51. The lowest BCUT2D eigenvalue weighted by atomic mass is 10.0. The van der Waals surface area contributed by atoms with Gasteiger partial charge < -0.3 is 16.6 Å². The predicted octanol–water partition coefficient (Wildman–Crippen LogP) is 1.81. The van der Waals surface area contributed by atoms with Gasteiger partial charge in [0, 0.05) is 16.1 Å². The average molecular weight is 259 g/mol. The van der Waals surface area contributed by atoms with Crippen molar-refractivity contribution >= 4 is 15.9 Å². The molecule has 0 aliphatic rings. The van der Waals surface area contributed by atoms with Crippen molar-refractivity contribution in [2.24, 2.45) is 11.5 Å². The lowest BCUT2D eigenvalue weighted by Gasteiger charge is -2.14. The molecule has 1 aromatic rings. The van der Waals surface area contributed by atoms with Crippen LogP contribution in [0.2, 0.25) is 0 Å². The lowest BCUT2D eigenvalue weighted by molar-refractivity contribution is 0.455. The van der Waals surface area contributed by atoms with Crippen LogP contribution in [0.3, 0.4) is 0 Å². The number of hydrogen-bond acceptors (Lipinski definition) is 3. The zero-order valence-corrected chi connectivity index (χ0v) is 9.71. The highest BCUT2D eigenvalue weighted by molar-refractivity contribution is 9.10. The number of aromatic hydroxyl groups is 1. The average Bonchev–Trinajstić information content (AvgIpc) is 2.11. The number of rotatable bonds is 3. The molecule has 1 rings (SSSR count). The van der Waals surface area contributed by atoms with Gasteiger partial charge in [-0.25, -0.2) is 0 Å². The Morgan fingerprint density at radius 3 is 2.71 bits per heavy atom. The van der Waals surface area contributed by atoms with E-state index in [0.717, 1.165) is 15.6 Å². The summed E-state index contributed by atoms with van der Waals surface area (Å²) < 4.78 is 0.926. The van der Waals surface area contributed by atoms with Crippen molar-refractivity contribution in [2.75, 3.05) is 6.54 Å². The first kappa shape index (κ1) is 11.5. The zero-order chi connectivity index (χ0) is 10.7. The van der Waals surface area contributed by atoms with E-state index in [-0.39, 0.29) is 11.8 Å². The van der Waals surface area contributed by atoms with Crippen LogP contribution in [0.15, 0.2) is 16.6 Å². The summed E-state index contributed by atoms with van der Waals surface area (Å²) >= 11 is 3.37. The fraction of sp³-hybridized carbons (Fsp3) is 0.400. The highest BCUT2D eigenvalue weighted by Crippen LogP contribution is 2.31. The van der Waals surface area contributed by atoms with E-state index in [1.807, 2.05) is 19.1 Å². The molecule has 0 aliphatic carbocycles. The molecule has 0 fully saturated rings. The molecule has 0 spiro atoms. The van der Waals surface area contributed by atoms with Gasteiger partial charge in [-0.2, -0.15) is 0 Å². The quantitative estimate of drug-likeness (QED) is 0.775. The Morgan fingerprint density at radius 1 is 1.50 bits per heavy atom. The summed E-state index contributed by atoms with van der Waals surface area (Å²) in [4.78, 5) is 0. The van der Waals surface area contributed by atoms with Crippen LogP contribution in [0.25, 0.3) is 0 Å². The molecule has 14 heavy (non-hydrogen) atoms. The molecular formula is C10H15BrN2O. The Morgan fingerprint density at radius 2 is 2.14 bits per heavy atom. The first-order chi connectivity index (χ1) is 6.56. The third-order valence-electron chi connectivity index (χ3n) is 2.17. The molecule has 0 amide bonds. The molecule has 1 atom stereocenters. The fourth-order valence-corrected chi connectivity index (χ4v) is 1.97. The van der Waals surface area contributed by atoms with Gasteiger partial charge in [0.25, 0.3) is 0 Å². The van der Waals surface area contributed by atoms with Crippen molar-refractivity contribution in [1.29, 1.82) is 0 Å². The molecule has 0 aromatic heterocycles. The van der Waals surface area contributed by atoms with E-state index < -0.39 is 0 Å². The van der Waals surface area contributed by atoms with E-state index in [2.05, 4.69) is 15.9 Å². The molecular weight excluding hydrogens is 244 g/mol. The van der Waals surface area contributed by atoms with E-state index in [1.54, 1.807) is 0 Å². The Balaban J connectivity index is 3.07. The van der Waals surface area contributed by atoms with Gasteiger partial charge in [0.2, 0.25) is 0 Å². The van der Waals surface area contributed by atoms with Gasteiger partial charge >= 0.3 is 0 Å². The highest BCUT2D eigenvalue weighted by Gasteiger charge is 2.12. The monoisotopic (exact) mass is 258 g/mol. The summed E-state index contributed by atoms with van der Waals surface area (Å²) in [6.45, 7) is 2.37. The molecule has 3 nitrogen and oxygen atoms in total. The van der Waals surface area contributed by atoms with E-state index >= 15 is 0 Å². The van der Waals surface area contributed by atoms with E-state index in [1.165, 1.54) is 0 Å². The molecule has 0 aliphatic heterocycles. The van der Waals surface area contributed by atoms with Crippen molar-refractivity contribution in [2.45, 2.75) is 19.4 Å². The summed E-state index contributed by atoms with van der Waals surface area (Å²) in [5, 5.41) is 9.78. The van der Waals surface area contributed by atoms with Crippen LogP contribution in [0.5, 0.6) is 5.75 Å². The Kier molecular flexibility index (Phi) is 3.92. The van der Waals surface area contributed by atoms with Crippen LogP contribution in [0.4, 0.5) is 0 Å². The molecule has 1 aromatic carbocycles. The lowest BCUT2D eigenvalue weighted by Crippen LogP contribution is -2.15. The number of benzene rings is 1. The van der Waals surface area contributed by atoms with Gasteiger partial charge in [-0.3, -0.25) is 0 Å². The van der Waals surface area contributed by atoms with Crippen LogP contribution in [-0.4, -0.2) is 11.7 Å². The summed E-state index contributed by atoms with van der Waals surface area (Å²) in [7, 11) is 0. The second-order valence-corrected chi connectivity index (χ2v) is 4.26. The van der Waals surface area contributed by atoms with E-state index in [4.69, 9.17) is 11.5 Å².